The molecule has 170 valence electrons. The maximum absolute atomic E-state index is 13.3. The SMILES string of the molecule is CC(=NNC(=O)C(NC(=O)c1ccccc1)c1n[nH]c(=O)c2ccccc12)c1cc(C)ccn1. The first kappa shape index (κ1) is 22.5. The fraction of sp³-hybridized carbons (Fsp3) is 0.120. The van der Waals surface area contributed by atoms with Gasteiger partial charge in [0.15, 0.2) is 6.04 Å². The number of aromatic nitrogens is 3. The lowest BCUT2D eigenvalue weighted by molar-refractivity contribution is -0.123. The van der Waals surface area contributed by atoms with Crippen molar-refractivity contribution in [2.45, 2.75) is 19.9 Å². The number of hydrogen-bond acceptors (Lipinski definition) is 6. The van der Waals surface area contributed by atoms with Gasteiger partial charge in [-0.2, -0.15) is 10.2 Å². The van der Waals surface area contributed by atoms with Gasteiger partial charge in [-0.05, 0) is 49.7 Å². The zero-order chi connectivity index (χ0) is 24.1. The molecular formula is C25H22N6O3. The van der Waals surface area contributed by atoms with Crippen LogP contribution in [-0.4, -0.2) is 32.7 Å². The number of fused-ring (bicyclic) bond motifs is 1. The molecule has 0 spiro atoms. The number of hydrazone groups is 1. The number of carbonyl (C=O) groups excluding carboxylic acids is 2. The van der Waals surface area contributed by atoms with Gasteiger partial charge in [0.2, 0.25) is 0 Å². The highest BCUT2D eigenvalue weighted by atomic mass is 16.2. The molecule has 3 N–H and O–H groups in total. The molecule has 2 aromatic heterocycles. The van der Waals surface area contributed by atoms with E-state index in [0.29, 0.717) is 27.7 Å². The first-order valence-electron chi connectivity index (χ1n) is 10.5. The number of amides is 2. The van der Waals surface area contributed by atoms with Gasteiger partial charge >= 0.3 is 0 Å². The van der Waals surface area contributed by atoms with Crippen molar-refractivity contribution >= 4 is 28.3 Å². The Labute approximate surface area is 194 Å². The predicted octanol–water partition coefficient (Wildman–Crippen LogP) is 2.64. The summed E-state index contributed by atoms with van der Waals surface area (Å²) in [7, 11) is 0. The van der Waals surface area contributed by atoms with E-state index >= 15 is 0 Å². The lowest BCUT2D eigenvalue weighted by atomic mass is 10.0. The molecule has 2 heterocycles. The second-order valence-electron chi connectivity index (χ2n) is 7.65. The highest BCUT2D eigenvalue weighted by Crippen LogP contribution is 2.20. The highest BCUT2D eigenvalue weighted by Gasteiger charge is 2.27. The highest BCUT2D eigenvalue weighted by molar-refractivity contribution is 6.01. The third-order valence-corrected chi connectivity index (χ3v) is 5.19. The second kappa shape index (κ2) is 9.86. The van der Waals surface area contributed by atoms with Crippen LogP contribution in [0.3, 0.4) is 0 Å². The molecule has 0 saturated carbocycles. The number of hydrogen-bond donors (Lipinski definition) is 3. The van der Waals surface area contributed by atoms with Crippen molar-refractivity contribution in [1.29, 1.82) is 0 Å². The van der Waals surface area contributed by atoms with Gasteiger partial charge < -0.3 is 5.32 Å². The van der Waals surface area contributed by atoms with E-state index < -0.39 is 23.4 Å². The van der Waals surface area contributed by atoms with Crippen LogP contribution in [0.4, 0.5) is 0 Å². The summed E-state index contributed by atoms with van der Waals surface area (Å²) in [5, 5.41) is 14.2. The summed E-state index contributed by atoms with van der Waals surface area (Å²) >= 11 is 0. The van der Waals surface area contributed by atoms with Gasteiger partial charge in [-0.3, -0.25) is 19.4 Å². The first-order valence-corrected chi connectivity index (χ1v) is 10.5. The van der Waals surface area contributed by atoms with Crippen LogP contribution in [0.25, 0.3) is 10.8 Å². The number of nitrogens with one attached hydrogen (secondary N) is 3. The van der Waals surface area contributed by atoms with Gasteiger partial charge in [0.25, 0.3) is 17.4 Å². The normalized spacial score (nSPS) is 12.2. The maximum atomic E-state index is 13.3. The molecule has 4 rings (SSSR count). The Balaban J connectivity index is 1.70. The Morgan fingerprint density at radius 2 is 1.71 bits per heavy atom. The minimum atomic E-state index is -1.23. The molecule has 0 aliphatic rings. The van der Waals surface area contributed by atoms with Crippen molar-refractivity contribution in [2.75, 3.05) is 0 Å². The van der Waals surface area contributed by atoms with E-state index in [1.165, 1.54) is 0 Å². The molecule has 1 unspecified atom stereocenters. The summed E-state index contributed by atoms with van der Waals surface area (Å²) in [6.45, 7) is 3.65. The van der Waals surface area contributed by atoms with Crippen LogP contribution < -0.4 is 16.3 Å². The zero-order valence-corrected chi connectivity index (χ0v) is 18.6. The van der Waals surface area contributed by atoms with E-state index in [1.54, 1.807) is 67.7 Å². The quantitative estimate of drug-likeness (QED) is 0.305. The summed E-state index contributed by atoms with van der Waals surface area (Å²) in [6.07, 6.45) is 1.66. The van der Waals surface area contributed by atoms with Crippen LogP contribution >= 0.6 is 0 Å². The molecule has 0 radical (unpaired) electrons. The number of pyridine rings is 1. The Bertz CT molecular complexity index is 1450. The number of H-pyrrole nitrogens is 1. The van der Waals surface area contributed by atoms with E-state index in [2.05, 4.69) is 31.0 Å². The molecule has 9 nitrogen and oxygen atoms in total. The molecule has 0 saturated heterocycles. The summed E-state index contributed by atoms with van der Waals surface area (Å²) in [6, 6.07) is 17.7. The summed E-state index contributed by atoms with van der Waals surface area (Å²) in [4.78, 5) is 42.6. The van der Waals surface area contributed by atoms with Crippen molar-refractivity contribution in [3.05, 3.63) is 106 Å². The van der Waals surface area contributed by atoms with E-state index in [4.69, 9.17) is 0 Å². The van der Waals surface area contributed by atoms with Crippen LogP contribution in [0.2, 0.25) is 0 Å². The topological polar surface area (TPSA) is 129 Å². The molecule has 1 atom stereocenters. The van der Waals surface area contributed by atoms with E-state index in [0.717, 1.165) is 5.56 Å². The van der Waals surface area contributed by atoms with Gasteiger partial charge in [-0.15, -0.1) is 0 Å². The minimum absolute atomic E-state index is 0.193. The molecule has 4 aromatic rings. The number of nitrogens with zero attached hydrogens (tertiary/aromatic N) is 3. The summed E-state index contributed by atoms with van der Waals surface area (Å²) in [5.41, 5.74) is 4.77. The number of benzene rings is 2. The van der Waals surface area contributed by atoms with Gasteiger partial charge in [-0.1, -0.05) is 36.4 Å². The van der Waals surface area contributed by atoms with E-state index in [1.807, 2.05) is 19.1 Å². The molecule has 0 fully saturated rings. The zero-order valence-electron chi connectivity index (χ0n) is 18.6. The Kier molecular flexibility index (Phi) is 6.54. The van der Waals surface area contributed by atoms with Crippen LogP contribution in [0.5, 0.6) is 0 Å². The average Bonchev–Trinajstić information content (AvgIpc) is 2.87. The monoisotopic (exact) mass is 454 g/mol. The largest absolute Gasteiger partial charge is 0.335 e. The molecule has 0 bridgehead atoms. The van der Waals surface area contributed by atoms with Gasteiger partial charge in [0, 0.05) is 17.1 Å². The number of carbonyl (C=O) groups is 2. The van der Waals surface area contributed by atoms with Crippen LogP contribution in [0, 0.1) is 6.92 Å². The third-order valence-electron chi connectivity index (χ3n) is 5.19. The van der Waals surface area contributed by atoms with Crippen LogP contribution in [-0.2, 0) is 4.79 Å². The first-order chi connectivity index (χ1) is 16.4. The van der Waals surface area contributed by atoms with Crippen LogP contribution in [0.1, 0.15) is 40.3 Å². The molecule has 34 heavy (non-hydrogen) atoms. The Hall–Kier alpha value is -4.66. The fourth-order valence-corrected chi connectivity index (χ4v) is 3.41. The fourth-order valence-electron chi connectivity index (χ4n) is 3.41. The van der Waals surface area contributed by atoms with Crippen molar-refractivity contribution in [3.63, 3.8) is 0 Å². The Morgan fingerprint density at radius 1 is 1.00 bits per heavy atom. The van der Waals surface area contributed by atoms with Gasteiger partial charge in [0.05, 0.1) is 16.8 Å². The number of rotatable bonds is 6. The van der Waals surface area contributed by atoms with Crippen LogP contribution in [0.15, 0.2) is 82.8 Å². The van der Waals surface area contributed by atoms with Crippen molar-refractivity contribution in [3.8, 4) is 0 Å². The standard InChI is InChI=1S/C25H22N6O3/c1-15-12-13-26-20(14-15)16(2)28-31-25(34)22(27-23(32)17-8-4-3-5-9-17)21-18-10-6-7-11-19(18)24(33)30-29-21/h3-14,22H,1-2H3,(H,27,32)(H,30,33)(H,31,34). The summed E-state index contributed by atoms with van der Waals surface area (Å²) < 4.78 is 0. The lowest BCUT2D eigenvalue weighted by Crippen LogP contribution is -2.40. The maximum Gasteiger partial charge on any atom is 0.272 e. The van der Waals surface area contributed by atoms with Crippen molar-refractivity contribution < 1.29 is 9.59 Å². The molecular weight excluding hydrogens is 432 g/mol. The Morgan fingerprint density at radius 3 is 2.44 bits per heavy atom. The lowest BCUT2D eigenvalue weighted by Gasteiger charge is -2.18. The minimum Gasteiger partial charge on any atom is -0.335 e. The molecule has 0 aliphatic heterocycles. The van der Waals surface area contributed by atoms with Gasteiger partial charge in [-0.25, -0.2) is 10.5 Å². The smallest absolute Gasteiger partial charge is 0.272 e. The van der Waals surface area contributed by atoms with Crippen molar-refractivity contribution in [1.82, 2.24) is 25.9 Å². The third kappa shape index (κ3) is 4.88. The molecule has 9 heteroatoms. The predicted molar refractivity (Wildman–Crippen MR) is 128 cm³/mol. The summed E-state index contributed by atoms with van der Waals surface area (Å²) in [5.74, 6) is -1.10. The molecule has 2 aromatic carbocycles. The van der Waals surface area contributed by atoms with Gasteiger partial charge in [0.1, 0.15) is 5.69 Å². The number of aromatic amines is 1. The second-order valence-corrected chi connectivity index (χ2v) is 7.65. The molecule has 2 amide bonds. The van der Waals surface area contributed by atoms with Crippen molar-refractivity contribution in [2.24, 2.45) is 5.10 Å². The van der Waals surface area contributed by atoms with E-state index in [-0.39, 0.29) is 5.69 Å². The number of aryl methyl sites for hydroxylation is 1. The average molecular weight is 454 g/mol. The molecule has 0 aliphatic carbocycles. The van der Waals surface area contributed by atoms with E-state index in [9.17, 15) is 14.4 Å².